The Balaban J connectivity index is 1.81. The zero-order chi connectivity index (χ0) is 23.5. The van der Waals surface area contributed by atoms with Crippen molar-refractivity contribution in [2.75, 3.05) is 6.61 Å². The third kappa shape index (κ3) is 7.63. The van der Waals surface area contributed by atoms with Gasteiger partial charge in [-0.3, -0.25) is 4.79 Å². The van der Waals surface area contributed by atoms with Crippen molar-refractivity contribution in [3.63, 3.8) is 0 Å². The van der Waals surface area contributed by atoms with E-state index in [0.717, 1.165) is 55.0 Å². The molecule has 176 valence electrons. The highest BCUT2D eigenvalue weighted by molar-refractivity contribution is 8.00. The third-order valence-corrected chi connectivity index (χ3v) is 6.61. The predicted octanol–water partition coefficient (Wildman–Crippen LogP) is 5.83. The van der Waals surface area contributed by atoms with Crippen molar-refractivity contribution in [1.82, 2.24) is 14.8 Å². The lowest BCUT2D eigenvalue weighted by Crippen LogP contribution is -2.17. The Bertz CT molecular complexity index is 990. The topological polar surface area (TPSA) is 77.2 Å². The number of nitrogens with zero attached hydrogens (tertiary/aromatic N) is 3. The van der Waals surface area contributed by atoms with Crippen LogP contribution in [-0.4, -0.2) is 37.7 Å². The van der Waals surface area contributed by atoms with E-state index < -0.39 is 11.2 Å². The average molecular weight is 468 g/mol. The van der Waals surface area contributed by atoms with E-state index in [4.69, 9.17) is 4.74 Å². The molecule has 1 aromatic heterocycles. The number of carboxylic acid groups (broad SMARTS) is 1. The van der Waals surface area contributed by atoms with Crippen molar-refractivity contribution in [3.05, 3.63) is 71.5 Å². The highest BCUT2D eigenvalue weighted by Gasteiger charge is 2.23. The normalized spacial score (nSPS) is 11.9. The second kappa shape index (κ2) is 13.0. The molecule has 0 spiro atoms. The maximum Gasteiger partial charge on any atom is 0.317 e. The van der Waals surface area contributed by atoms with Gasteiger partial charge >= 0.3 is 5.97 Å². The monoisotopic (exact) mass is 467 g/mol. The first-order chi connectivity index (χ1) is 16.1. The number of ether oxygens (including phenoxy) is 1. The van der Waals surface area contributed by atoms with Gasteiger partial charge in [0.1, 0.15) is 16.8 Å². The van der Waals surface area contributed by atoms with Gasteiger partial charge in [-0.15, -0.1) is 10.2 Å². The molecule has 0 amide bonds. The van der Waals surface area contributed by atoms with Crippen LogP contribution >= 0.6 is 11.8 Å². The Kier molecular flexibility index (Phi) is 9.81. The summed E-state index contributed by atoms with van der Waals surface area (Å²) in [4.78, 5) is 11.8. The van der Waals surface area contributed by atoms with Crippen molar-refractivity contribution in [3.8, 4) is 5.75 Å². The number of carbonyl (C=O) groups is 1. The molecule has 7 heteroatoms. The molecule has 0 saturated carbocycles. The number of aliphatic carboxylic acids is 1. The van der Waals surface area contributed by atoms with E-state index >= 15 is 0 Å². The van der Waals surface area contributed by atoms with Crippen LogP contribution < -0.4 is 4.74 Å². The number of benzene rings is 2. The summed E-state index contributed by atoms with van der Waals surface area (Å²) in [5.74, 6) is 0.887. The number of hydrogen-bond acceptors (Lipinski definition) is 5. The molecule has 1 heterocycles. The quantitative estimate of drug-likeness (QED) is 0.237. The third-order valence-electron chi connectivity index (χ3n) is 5.37. The molecule has 0 saturated heterocycles. The Morgan fingerprint density at radius 1 is 1.00 bits per heavy atom. The van der Waals surface area contributed by atoms with Gasteiger partial charge in [0.2, 0.25) is 0 Å². The van der Waals surface area contributed by atoms with Gasteiger partial charge in [-0.25, -0.2) is 0 Å². The van der Waals surface area contributed by atoms with Crippen LogP contribution in [0.1, 0.15) is 62.9 Å². The minimum absolute atomic E-state index is 0.531. The number of unbranched alkanes of at least 4 members (excludes halogenated alkanes) is 2. The SMILES string of the molecule is CCCCOc1ccc(Cc2nnc(SC(CCCC)C(=O)O)n2Cc2ccccc2)cc1. The molecule has 0 radical (unpaired) electrons. The molecule has 0 fully saturated rings. The number of hydrogen-bond donors (Lipinski definition) is 1. The van der Waals surface area contributed by atoms with Gasteiger partial charge in [0, 0.05) is 6.42 Å². The van der Waals surface area contributed by atoms with Gasteiger partial charge in [0.15, 0.2) is 5.16 Å². The zero-order valence-electron chi connectivity index (χ0n) is 19.4. The average Bonchev–Trinajstić information content (AvgIpc) is 3.19. The fourth-order valence-electron chi connectivity index (χ4n) is 3.43. The largest absolute Gasteiger partial charge is 0.494 e. The highest BCUT2D eigenvalue weighted by Crippen LogP contribution is 2.28. The number of rotatable bonds is 14. The first-order valence-electron chi connectivity index (χ1n) is 11.7. The lowest BCUT2D eigenvalue weighted by atomic mass is 10.1. The summed E-state index contributed by atoms with van der Waals surface area (Å²) >= 11 is 1.30. The van der Waals surface area contributed by atoms with E-state index in [-0.39, 0.29) is 0 Å². The van der Waals surface area contributed by atoms with Crippen LogP contribution in [-0.2, 0) is 17.8 Å². The lowest BCUT2D eigenvalue weighted by Gasteiger charge is -2.14. The molecule has 6 nitrogen and oxygen atoms in total. The zero-order valence-corrected chi connectivity index (χ0v) is 20.3. The molecule has 1 unspecified atom stereocenters. The van der Waals surface area contributed by atoms with Crippen LogP contribution in [0.2, 0.25) is 0 Å². The van der Waals surface area contributed by atoms with E-state index in [1.54, 1.807) is 0 Å². The van der Waals surface area contributed by atoms with Crippen LogP contribution in [0, 0.1) is 0 Å². The molecule has 0 aliphatic carbocycles. The van der Waals surface area contributed by atoms with Crippen LogP contribution in [0.5, 0.6) is 5.75 Å². The molecule has 0 bridgehead atoms. The summed E-state index contributed by atoms with van der Waals surface area (Å²) in [5.41, 5.74) is 2.23. The fourth-order valence-corrected chi connectivity index (χ4v) is 4.46. The molecule has 1 N–H and O–H groups in total. The molecular formula is C26H33N3O3S. The summed E-state index contributed by atoms with van der Waals surface area (Å²) in [6.45, 7) is 5.54. The molecule has 0 aliphatic rings. The molecule has 3 rings (SSSR count). The first-order valence-corrected chi connectivity index (χ1v) is 12.6. The van der Waals surface area contributed by atoms with Gasteiger partial charge in [-0.2, -0.15) is 0 Å². The molecular weight excluding hydrogens is 434 g/mol. The summed E-state index contributed by atoms with van der Waals surface area (Å²) in [6, 6.07) is 18.2. The number of thioether (sulfide) groups is 1. The maximum atomic E-state index is 11.8. The number of aromatic nitrogens is 3. The van der Waals surface area contributed by atoms with E-state index in [1.807, 2.05) is 34.9 Å². The minimum atomic E-state index is -0.803. The van der Waals surface area contributed by atoms with Gasteiger partial charge in [-0.05, 0) is 36.1 Å². The first kappa shape index (κ1) is 24.8. The molecule has 33 heavy (non-hydrogen) atoms. The molecule has 3 aromatic rings. The van der Waals surface area contributed by atoms with Crippen molar-refractivity contribution in [2.24, 2.45) is 0 Å². The van der Waals surface area contributed by atoms with Crippen molar-refractivity contribution < 1.29 is 14.6 Å². The fraction of sp³-hybridized carbons (Fsp3) is 0.423. The second-order valence-corrected chi connectivity index (χ2v) is 9.25. The number of carboxylic acids is 1. The Hall–Kier alpha value is -2.80. The van der Waals surface area contributed by atoms with Crippen LogP contribution in [0.4, 0.5) is 0 Å². The Labute approximate surface area is 200 Å². The molecule has 1 atom stereocenters. The summed E-state index contributed by atoms with van der Waals surface area (Å²) in [5, 5.41) is 18.7. The summed E-state index contributed by atoms with van der Waals surface area (Å²) < 4.78 is 7.81. The second-order valence-electron chi connectivity index (χ2n) is 8.08. The van der Waals surface area contributed by atoms with Gasteiger partial charge in [-0.1, -0.05) is 87.3 Å². The Morgan fingerprint density at radius 2 is 1.73 bits per heavy atom. The molecule has 0 aliphatic heterocycles. The van der Waals surface area contributed by atoms with E-state index in [9.17, 15) is 9.90 Å². The van der Waals surface area contributed by atoms with Gasteiger partial charge < -0.3 is 14.4 Å². The predicted molar refractivity (Wildman–Crippen MR) is 132 cm³/mol. The maximum absolute atomic E-state index is 11.8. The summed E-state index contributed by atoms with van der Waals surface area (Å²) in [6.07, 6.45) is 5.21. The van der Waals surface area contributed by atoms with E-state index in [0.29, 0.717) is 24.5 Å². The molecule has 2 aromatic carbocycles. The van der Waals surface area contributed by atoms with Crippen molar-refractivity contribution in [2.45, 2.75) is 69.3 Å². The van der Waals surface area contributed by atoms with Crippen LogP contribution in [0.3, 0.4) is 0 Å². The van der Waals surface area contributed by atoms with Gasteiger partial charge in [0.25, 0.3) is 0 Å². The van der Waals surface area contributed by atoms with Crippen LogP contribution in [0.15, 0.2) is 59.8 Å². The summed E-state index contributed by atoms with van der Waals surface area (Å²) in [7, 11) is 0. The van der Waals surface area contributed by atoms with E-state index in [1.165, 1.54) is 11.8 Å². The van der Waals surface area contributed by atoms with Crippen molar-refractivity contribution >= 4 is 17.7 Å². The smallest absolute Gasteiger partial charge is 0.317 e. The Morgan fingerprint density at radius 3 is 2.39 bits per heavy atom. The van der Waals surface area contributed by atoms with Crippen molar-refractivity contribution in [1.29, 1.82) is 0 Å². The van der Waals surface area contributed by atoms with Crippen LogP contribution in [0.25, 0.3) is 0 Å². The highest BCUT2D eigenvalue weighted by atomic mass is 32.2. The standard InChI is InChI=1S/C26H33N3O3S/c1-3-5-12-23(25(30)31)33-26-28-27-24(29(26)19-21-10-8-7-9-11-21)18-20-13-15-22(16-14-20)32-17-6-4-2/h7-11,13-16,23H,3-6,12,17-19H2,1-2H3,(H,30,31). The van der Waals surface area contributed by atoms with Gasteiger partial charge in [0.05, 0.1) is 13.2 Å². The lowest BCUT2D eigenvalue weighted by molar-refractivity contribution is -0.136. The minimum Gasteiger partial charge on any atom is -0.494 e. The van der Waals surface area contributed by atoms with E-state index in [2.05, 4.69) is 48.3 Å².